The molecule has 80 valence electrons. The van der Waals surface area contributed by atoms with Crippen LogP contribution < -0.4 is 0 Å². The van der Waals surface area contributed by atoms with Gasteiger partial charge in [0, 0.05) is 10.6 Å². The average molecular weight is 225 g/mol. The maximum absolute atomic E-state index is 12.0. The predicted molar refractivity (Wildman–Crippen MR) is 59.2 cm³/mol. The molecule has 0 unspecified atom stereocenters. The summed E-state index contributed by atoms with van der Waals surface area (Å²) in [6.45, 7) is 0. The molecule has 15 heavy (non-hydrogen) atoms. The van der Waals surface area contributed by atoms with Crippen molar-refractivity contribution < 1.29 is 9.90 Å². The fourth-order valence-corrected chi connectivity index (χ4v) is 2.28. The number of ketones is 1. The topological polar surface area (TPSA) is 37.3 Å². The maximum atomic E-state index is 12.0. The van der Waals surface area contributed by atoms with Crippen molar-refractivity contribution in [1.29, 1.82) is 0 Å². The van der Waals surface area contributed by atoms with E-state index in [4.69, 9.17) is 11.6 Å². The van der Waals surface area contributed by atoms with Gasteiger partial charge in [-0.15, -0.1) is 0 Å². The van der Waals surface area contributed by atoms with E-state index in [2.05, 4.69) is 0 Å². The van der Waals surface area contributed by atoms with E-state index < -0.39 is 5.60 Å². The number of carbonyl (C=O) groups excluding carboxylic acids is 1. The first-order chi connectivity index (χ1) is 7.12. The Morgan fingerprint density at radius 3 is 2.60 bits per heavy atom. The number of rotatable bonds is 2. The quantitative estimate of drug-likeness (QED) is 0.785. The molecule has 2 rings (SSSR count). The Balaban J connectivity index is 2.27. The highest BCUT2D eigenvalue weighted by molar-refractivity contribution is 6.31. The summed E-state index contributed by atoms with van der Waals surface area (Å²) >= 11 is 5.81. The van der Waals surface area contributed by atoms with Gasteiger partial charge in [-0.1, -0.05) is 23.7 Å². The van der Waals surface area contributed by atoms with E-state index in [1.54, 1.807) is 24.3 Å². The third-order valence-electron chi connectivity index (χ3n) is 2.94. The van der Waals surface area contributed by atoms with Crippen molar-refractivity contribution in [2.75, 3.05) is 0 Å². The second kappa shape index (κ2) is 3.95. The van der Waals surface area contributed by atoms with Crippen molar-refractivity contribution in [2.45, 2.75) is 31.3 Å². The maximum Gasteiger partial charge on any atom is 0.194 e. The van der Waals surface area contributed by atoms with E-state index in [1.807, 2.05) is 0 Å². The Kier molecular flexibility index (Phi) is 2.81. The van der Waals surface area contributed by atoms with Gasteiger partial charge in [0.05, 0.1) is 0 Å². The molecule has 1 saturated carbocycles. The summed E-state index contributed by atoms with van der Waals surface area (Å²) in [5, 5.41) is 10.6. The van der Waals surface area contributed by atoms with Gasteiger partial charge in [0.2, 0.25) is 0 Å². The predicted octanol–water partition coefficient (Wildman–Crippen LogP) is 2.83. The summed E-state index contributed by atoms with van der Waals surface area (Å²) in [4.78, 5) is 12.0. The fraction of sp³-hybridized carbons (Fsp3) is 0.417. The number of carbonyl (C=O) groups is 1. The number of benzene rings is 1. The molecular formula is C12H13ClO2. The lowest BCUT2D eigenvalue weighted by Crippen LogP contribution is -2.35. The molecule has 1 aliphatic rings. The second-order valence-corrected chi connectivity index (χ2v) is 4.51. The highest BCUT2D eigenvalue weighted by Crippen LogP contribution is 2.32. The summed E-state index contributed by atoms with van der Waals surface area (Å²) < 4.78 is 0. The molecule has 0 spiro atoms. The van der Waals surface area contributed by atoms with Gasteiger partial charge in [-0.2, -0.15) is 0 Å². The van der Waals surface area contributed by atoms with Gasteiger partial charge < -0.3 is 5.11 Å². The van der Waals surface area contributed by atoms with Crippen molar-refractivity contribution >= 4 is 17.4 Å². The smallest absolute Gasteiger partial charge is 0.194 e. The van der Waals surface area contributed by atoms with Crippen LogP contribution in [0.1, 0.15) is 36.0 Å². The molecule has 3 heteroatoms. The number of Topliss-reactive ketones (excluding diaryl/α,β-unsaturated/α-hetero) is 1. The van der Waals surface area contributed by atoms with Crippen LogP contribution in [-0.2, 0) is 0 Å². The van der Waals surface area contributed by atoms with Crippen LogP contribution in [0.4, 0.5) is 0 Å². The zero-order valence-electron chi connectivity index (χ0n) is 8.37. The summed E-state index contributed by atoms with van der Waals surface area (Å²) in [5.41, 5.74) is -0.642. The van der Waals surface area contributed by atoms with Crippen molar-refractivity contribution in [3.8, 4) is 0 Å². The molecule has 0 heterocycles. The molecule has 0 atom stereocenters. The minimum atomic E-state index is -1.15. The van der Waals surface area contributed by atoms with E-state index in [1.165, 1.54) is 0 Å². The van der Waals surface area contributed by atoms with Gasteiger partial charge in [-0.05, 0) is 37.8 Å². The Morgan fingerprint density at radius 2 is 2.00 bits per heavy atom. The summed E-state index contributed by atoms with van der Waals surface area (Å²) in [6.07, 6.45) is 2.97. The number of hydrogen-bond acceptors (Lipinski definition) is 2. The van der Waals surface area contributed by atoms with Crippen LogP contribution >= 0.6 is 11.6 Å². The largest absolute Gasteiger partial charge is 0.382 e. The van der Waals surface area contributed by atoms with Crippen LogP contribution in [0.25, 0.3) is 0 Å². The summed E-state index contributed by atoms with van der Waals surface area (Å²) in [6, 6.07) is 6.76. The third-order valence-corrected chi connectivity index (χ3v) is 3.18. The molecule has 0 saturated heterocycles. The van der Waals surface area contributed by atoms with Gasteiger partial charge in [0.1, 0.15) is 5.60 Å². The number of aliphatic hydroxyl groups is 1. The molecule has 0 bridgehead atoms. The molecule has 2 nitrogen and oxygen atoms in total. The lowest BCUT2D eigenvalue weighted by Gasteiger charge is -2.20. The van der Waals surface area contributed by atoms with Gasteiger partial charge in [0.15, 0.2) is 5.78 Å². The Hall–Kier alpha value is -0.860. The lowest BCUT2D eigenvalue weighted by atomic mass is 9.91. The molecule has 1 N–H and O–H groups in total. The highest BCUT2D eigenvalue weighted by atomic mass is 35.5. The zero-order valence-corrected chi connectivity index (χ0v) is 9.13. The summed E-state index contributed by atoms with van der Waals surface area (Å²) in [5.74, 6) is -0.192. The molecule has 1 fully saturated rings. The fourth-order valence-electron chi connectivity index (χ4n) is 2.09. The minimum Gasteiger partial charge on any atom is -0.382 e. The van der Waals surface area contributed by atoms with Crippen LogP contribution in [-0.4, -0.2) is 16.5 Å². The van der Waals surface area contributed by atoms with Crippen LogP contribution in [0.15, 0.2) is 24.3 Å². The van der Waals surface area contributed by atoms with E-state index in [0.717, 1.165) is 12.8 Å². The van der Waals surface area contributed by atoms with Gasteiger partial charge in [-0.3, -0.25) is 4.79 Å². The normalized spacial score (nSPS) is 19.1. The zero-order chi connectivity index (χ0) is 10.9. The highest BCUT2D eigenvalue weighted by Gasteiger charge is 2.39. The van der Waals surface area contributed by atoms with Crippen LogP contribution in [0, 0.1) is 0 Å². The molecular weight excluding hydrogens is 212 g/mol. The van der Waals surface area contributed by atoms with E-state index in [-0.39, 0.29) is 5.78 Å². The molecule has 1 aromatic rings. The SMILES string of the molecule is O=C(c1cccc(Cl)c1)C1(O)CCCC1. The second-order valence-electron chi connectivity index (χ2n) is 4.08. The molecule has 0 aliphatic heterocycles. The number of halogens is 1. The molecule has 1 aromatic carbocycles. The van der Waals surface area contributed by atoms with Crippen LogP contribution in [0.3, 0.4) is 0 Å². The van der Waals surface area contributed by atoms with Gasteiger partial charge in [0.25, 0.3) is 0 Å². The molecule has 0 aromatic heterocycles. The van der Waals surface area contributed by atoms with Crippen molar-refractivity contribution in [2.24, 2.45) is 0 Å². The van der Waals surface area contributed by atoms with Gasteiger partial charge in [-0.25, -0.2) is 0 Å². The van der Waals surface area contributed by atoms with Crippen LogP contribution in [0.5, 0.6) is 0 Å². The lowest BCUT2D eigenvalue weighted by molar-refractivity contribution is 0.0353. The van der Waals surface area contributed by atoms with Crippen molar-refractivity contribution in [1.82, 2.24) is 0 Å². The Bertz CT molecular complexity index is 381. The van der Waals surface area contributed by atoms with Crippen molar-refractivity contribution in [3.05, 3.63) is 34.9 Å². The first-order valence-electron chi connectivity index (χ1n) is 5.15. The standard InChI is InChI=1S/C12H13ClO2/c13-10-5-3-4-9(8-10)11(14)12(15)6-1-2-7-12/h3-5,8,15H,1-2,6-7H2. The number of hydrogen-bond donors (Lipinski definition) is 1. The first-order valence-corrected chi connectivity index (χ1v) is 5.52. The molecule has 0 radical (unpaired) electrons. The van der Waals surface area contributed by atoms with E-state index in [0.29, 0.717) is 23.4 Å². The average Bonchev–Trinajstić information content (AvgIpc) is 2.65. The minimum absolute atomic E-state index is 0.192. The monoisotopic (exact) mass is 224 g/mol. The Labute approximate surface area is 93.9 Å². The van der Waals surface area contributed by atoms with E-state index >= 15 is 0 Å². The molecule has 0 amide bonds. The first kappa shape index (κ1) is 10.7. The van der Waals surface area contributed by atoms with Crippen molar-refractivity contribution in [3.63, 3.8) is 0 Å². The van der Waals surface area contributed by atoms with Crippen LogP contribution in [0.2, 0.25) is 5.02 Å². The van der Waals surface area contributed by atoms with Gasteiger partial charge >= 0.3 is 0 Å². The molecule has 1 aliphatic carbocycles. The van der Waals surface area contributed by atoms with E-state index in [9.17, 15) is 9.90 Å². The summed E-state index contributed by atoms with van der Waals surface area (Å²) in [7, 11) is 0. The third kappa shape index (κ3) is 2.06. The Morgan fingerprint density at radius 1 is 1.33 bits per heavy atom.